The Bertz CT molecular complexity index is 2230. The zero-order valence-corrected chi connectivity index (χ0v) is 30.6. The maximum absolute atomic E-state index is 15.0. The Morgan fingerprint density at radius 3 is 2.72 bits per heavy atom. The molecule has 0 bridgehead atoms. The normalized spacial score (nSPS) is 19.0. The zero-order chi connectivity index (χ0) is 36.7. The minimum atomic E-state index is -0.712. The first-order chi connectivity index (χ1) is 25.7. The fourth-order valence-electron chi connectivity index (χ4n) is 6.94. The van der Waals surface area contributed by atoms with Crippen molar-refractivity contribution in [3.8, 4) is 34.4 Å². The number of methoxy groups -OCH3 is 1. The third-order valence-electron chi connectivity index (χ3n) is 10.1. The molecule has 5 aromatic rings. The van der Waals surface area contributed by atoms with Gasteiger partial charge in [0.2, 0.25) is 11.8 Å². The summed E-state index contributed by atoms with van der Waals surface area (Å²) in [7, 11) is 3.31. The van der Waals surface area contributed by atoms with E-state index in [0.717, 1.165) is 34.9 Å². The van der Waals surface area contributed by atoms with Gasteiger partial charge in [-0.1, -0.05) is 12.1 Å². The van der Waals surface area contributed by atoms with Crippen LogP contribution in [0.4, 0.5) is 10.1 Å². The molecule has 3 aromatic heterocycles. The van der Waals surface area contributed by atoms with Crippen molar-refractivity contribution in [2.75, 3.05) is 51.4 Å². The lowest BCUT2D eigenvalue weighted by Crippen LogP contribution is -2.45. The standard InChI is InChI=1S/C38H40FN9O4S/c1-46-22-40-35(45-46)27-8-4-24(18-29(27)39)23-12-15-48(16-13-23)33(49)20-47-17-14-38(21-47,53-3)37(50)41-25-5-9-30-28(19-25)34(44-43-30)31-10-11-32(36(42-31)51-2)52-26-6-7-26/h4-5,8-12,18-19,22,26H,6-7,13-17,20-21H2,1-3H3,(H,41,50)(H,43,44). The lowest BCUT2D eigenvalue weighted by atomic mass is 9.98. The van der Waals surface area contributed by atoms with E-state index in [4.69, 9.17) is 9.47 Å². The summed E-state index contributed by atoms with van der Waals surface area (Å²) in [6, 6.07) is 14.4. The van der Waals surface area contributed by atoms with E-state index in [-0.39, 0.29) is 30.3 Å². The molecule has 1 saturated carbocycles. The number of aromatic amines is 1. The van der Waals surface area contributed by atoms with Gasteiger partial charge in [0.25, 0.3) is 5.88 Å². The van der Waals surface area contributed by atoms with Gasteiger partial charge in [0.05, 0.1) is 36.5 Å². The maximum atomic E-state index is 15.0. The third-order valence-corrected chi connectivity index (χ3v) is 11.4. The number of ether oxygens (including phenoxy) is 2. The number of thioether (sulfide) groups is 1. The number of carbonyl (C=O) groups is 2. The molecule has 8 rings (SSSR count). The molecule has 274 valence electrons. The van der Waals surface area contributed by atoms with Crippen molar-refractivity contribution in [2.24, 2.45) is 7.05 Å². The van der Waals surface area contributed by atoms with E-state index >= 15 is 0 Å². The summed E-state index contributed by atoms with van der Waals surface area (Å²) in [4.78, 5) is 40.0. The fraction of sp³-hybridized carbons (Fsp3) is 0.368. The van der Waals surface area contributed by atoms with E-state index in [2.05, 4.69) is 35.5 Å². The Morgan fingerprint density at radius 1 is 1.13 bits per heavy atom. The first kappa shape index (κ1) is 34.8. The van der Waals surface area contributed by atoms with Gasteiger partial charge in [-0.3, -0.25) is 24.3 Å². The highest BCUT2D eigenvalue weighted by Crippen LogP contribution is 2.38. The number of carbonyl (C=O) groups excluding carboxylic acids is 2. The molecule has 0 spiro atoms. The first-order valence-corrected chi connectivity index (χ1v) is 18.9. The van der Waals surface area contributed by atoms with Gasteiger partial charge in [-0.05, 0) is 85.5 Å². The highest BCUT2D eigenvalue weighted by Gasteiger charge is 2.45. The number of amides is 2. The van der Waals surface area contributed by atoms with Gasteiger partial charge in [0.15, 0.2) is 11.6 Å². The molecule has 1 saturated heterocycles. The summed E-state index contributed by atoms with van der Waals surface area (Å²) in [5, 5.41) is 15.7. The molecule has 5 heterocycles. The second-order valence-corrected chi connectivity index (χ2v) is 14.9. The molecule has 2 fully saturated rings. The van der Waals surface area contributed by atoms with Crippen LogP contribution in [0.3, 0.4) is 0 Å². The molecule has 2 aliphatic heterocycles. The number of aromatic nitrogens is 6. The Balaban J connectivity index is 0.892. The third kappa shape index (κ3) is 7.10. The van der Waals surface area contributed by atoms with Crippen LogP contribution in [0.5, 0.6) is 11.6 Å². The molecule has 53 heavy (non-hydrogen) atoms. The number of nitrogens with zero attached hydrogens (tertiary/aromatic N) is 7. The summed E-state index contributed by atoms with van der Waals surface area (Å²) in [5.41, 5.74) is 4.86. The lowest BCUT2D eigenvalue weighted by molar-refractivity contribution is -0.132. The van der Waals surface area contributed by atoms with Crippen LogP contribution in [0.2, 0.25) is 0 Å². The molecule has 1 atom stereocenters. The van der Waals surface area contributed by atoms with Crippen molar-refractivity contribution in [1.82, 2.24) is 39.7 Å². The number of hydrogen-bond donors (Lipinski definition) is 2. The van der Waals surface area contributed by atoms with Crippen molar-refractivity contribution in [3.05, 3.63) is 72.3 Å². The molecule has 2 N–H and O–H groups in total. The maximum Gasteiger partial charge on any atom is 0.257 e. The Kier molecular flexibility index (Phi) is 9.37. The van der Waals surface area contributed by atoms with Crippen LogP contribution in [0, 0.1) is 5.82 Å². The molecule has 3 aliphatic rings. The second-order valence-electron chi connectivity index (χ2n) is 13.7. The number of aryl methyl sites for hydroxylation is 1. The summed E-state index contributed by atoms with van der Waals surface area (Å²) < 4.78 is 27.2. The van der Waals surface area contributed by atoms with Crippen LogP contribution in [0.25, 0.3) is 39.3 Å². The van der Waals surface area contributed by atoms with Gasteiger partial charge in [-0.25, -0.2) is 14.4 Å². The molecule has 1 unspecified atom stereocenters. The molecule has 1 aliphatic carbocycles. The SMILES string of the molecule is COc1nc(-c2n[nH]c3ccc(NC(=O)C4(SC)CCN(CC(=O)N5CC=C(c6ccc(-c7ncn(C)n7)c(F)c6)CC5)C4)cc23)ccc1OC1CC1. The van der Waals surface area contributed by atoms with Gasteiger partial charge in [-0.15, -0.1) is 11.8 Å². The number of benzene rings is 2. The number of likely N-dealkylation sites (tertiary alicyclic amines) is 1. The molecule has 0 radical (unpaired) electrons. The smallest absolute Gasteiger partial charge is 0.257 e. The fourth-order valence-corrected chi connectivity index (χ4v) is 7.78. The molecule has 2 aromatic carbocycles. The quantitative estimate of drug-likeness (QED) is 0.186. The minimum Gasteiger partial charge on any atom is -0.485 e. The van der Waals surface area contributed by atoms with Crippen LogP contribution in [-0.2, 0) is 16.6 Å². The molecular weight excluding hydrogens is 698 g/mol. The number of anilines is 1. The number of fused-ring (bicyclic) bond motifs is 1. The number of rotatable bonds is 11. The predicted octanol–water partition coefficient (Wildman–Crippen LogP) is 5.17. The molecular formula is C38H40FN9O4S. The second kappa shape index (κ2) is 14.3. The zero-order valence-electron chi connectivity index (χ0n) is 29.8. The van der Waals surface area contributed by atoms with E-state index in [9.17, 15) is 14.0 Å². The van der Waals surface area contributed by atoms with Crippen LogP contribution < -0.4 is 14.8 Å². The van der Waals surface area contributed by atoms with Crippen LogP contribution in [-0.4, -0.2) is 109 Å². The number of nitrogens with one attached hydrogen (secondary N) is 2. The van der Waals surface area contributed by atoms with Crippen LogP contribution in [0.15, 0.2) is 60.9 Å². The summed E-state index contributed by atoms with van der Waals surface area (Å²) >= 11 is 1.51. The summed E-state index contributed by atoms with van der Waals surface area (Å²) in [6.07, 6.45) is 8.99. The van der Waals surface area contributed by atoms with Crippen LogP contribution >= 0.6 is 11.8 Å². The Hall–Kier alpha value is -5.28. The van der Waals surface area contributed by atoms with Crippen molar-refractivity contribution in [1.29, 1.82) is 0 Å². The van der Waals surface area contributed by atoms with Crippen molar-refractivity contribution < 1.29 is 23.5 Å². The van der Waals surface area contributed by atoms with Crippen molar-refractivity contribution >= 4 is 45.7 Å². The molecule has 2 amide bonds. The van der Waals surface area contributed by atoms with E-state index in [1.54, 1.807) is 20.2 Å². The summed E-state index contributed by atoms with van der Waals surface area (Å²) in [6.45, 7) is 2.29. The molecule has 15 heteroatoms. The van der Waals surface area contributed by atoms with Crippen LogP contribution in [0.1, 0.15) is 31.2 Å². The largest absolute Gasteiger partial charge is 0.485 e. The first-order valence-electron chi connectivity index (χ1n) is 17.6. The average Bonchev–Trinajstić information content (AvgIpc) is 3.50. The number of pyridine rings is 1. The van der Waals surface area contributed by atoms with E-state index in [0.29, 0.717) is 79.1 Å². The van der Waals surface area contributed by atoms with E-state index < -0.39 is 4.75 Å². The minimum absolute atomic E-state index is 0.00989. The number of hydrogen-bond acceptors (Lipinski definition) is 10. The van der Waals surface area contributed by atoms with E-state index in [1.807, 2.05) is 53.6 Å². The van der Waals surface area contributed by atoms with Gasteiger partial charge < -0.3 is 19.7 Å². The van der Waals surface area contributed by atoms with E-state index in [1.165, 1.54) is 28.8 Å². The predicted molar refractivity (Wildman–Crippen MR) is 201 cm³/mol. The van der Waals surface area contributed by atoms with Crippen molar-refractivity contribution in [3.63, 3.8) is 0 Å². The lowest BCUT2D eigenvalue weighted by Gasteiger charge is -2.29. The Labute approximate surface area is 309 Å². The van der Waals surface area contributed by atoms with Crippen molar-refractivity contribution in [2.45, 2.75) is 36.5 Å². The monoisotopic (exact) mass is 737 g/mol. The average molecular weight is 738 g/mol. The number of H-pyrrole nitrogens is 1. The van der Waals surface area contributed by atoms with Gasteiger partial charge in [0, 0.05) is 44.3 Å². The van der Waals surface area contributed by atoms with Gasteiger partial charge in [0.1, 0.15) is 22.6 Å². The number of halogens is 1. The highest BCUT2D eigenvalue weighted by molar-refractivity contribution is 8.00. The summed E-state index contributed by atoms with van der Waals surface area (Å²) in [5.74, 6) is 0.883. The Morgan fingerprint density at radius 2 is 2.00 bits per heavy atom. The van der Waals surface area contributed by atoms with Gasteiger partial charge >= 0.3 is 0 Å². The topological polar surface area (TPSA) is 143 Å². The molecule has 13 nitrogen and oxygen atoms in total. The van der Waals surface area contributed by atoms with Gasteiger partial charge in [-0.2, -0.15) is 10.2 Å². The highest BCUT2D eigenvalue weighted by atomic mass is 32.2.